The normalized spacial score (nSPS) is 10.4. The van der Waals surface area contributed by atoms with E-state index in [1.807, 2.05) is 13.0 Å². The molecule has 0 radical (unpaired) electrons. The monoisotopic (exact) mass is 364 g/mol. The van der Waals surface area contributed by atoms with E-state index in [9.17, 15) is 14.9 Å². The first kappa shape index (κ1) is 17.9. The standard InChI is InChI=1S/C18H16N6O3/c1-11-17(12-4-3-5-15(7-12)24(26)27)22-16(21-11)10-23(2)18(25)13-6-14(8-19)20-9-13/h3-7,9,20H,10H2,1-2H3,(H,21,22). The van der Waals surface area contributed by atoms with Crippen molar-refractivity contribution >= 4 is 11.6 Å². The number of nitro benzene ring substituents is 1. The number of nitriles is 1. The number of H-pyrrole nitrogens is 2. The summed E-state index contributed by atoms with van der Waals surface area (Å²) < 4.78 is 0. The molecule has 9 heteroatoms. The number of rotatable bonds is 5. The van der Waals surface area contributed by atoms with Crippen LogP contribution in [-0.2, 0) is 6.54 Å². The van der Waals surface area contributed by atoms with Gasteiger partial charge in [0.25, 0.3) is 11.6 Å². The van der Waals surface area contributed by atoms with Crippen molar-refractivity contribution in [2.24, 2.45) is 0 Å². The Morgan fingerprint density at radius 1 is 1.41 bits per heavy atom. The fourth-order valence-corrected chi connectivity index (χ4v) is 2.74. The molecule has 3 aromatic rings. The van der Waals surface area contributed by atoms with E-state index in [0.717, 1.165) is 5.69 Å². The molecule has 0 saturated heterocycles. The van der Waals surface area contributed by atoms with Gasteiger partial charge in [0.15, 0.2) is 0 Å². The Morgan fingerprint density at radius 2 is 2.19 bits per heavy atom. The molecule has 0 aliphatic heterocycles. The molecular weight excluding hydrogens is 348 g/mol. The van der Waals surface area contributed by atoms with Crippen molar-refractivity contribution in [1.29, 1.82) is 5.26 Å². The van der Waals surface area contributed by atoms with Crippen LogP contribution in [0.5, 0.6) is 0 Å². The van der Waals surface area contributed by atoms with Crippen LogP contribution in [0, 0.1) is 28.4 Å². The minimum atomic E-state index is -0.453. The number of nitrogens with one attached hydrogen (secondary N) is 2. The molecule has 3 rings (SSSR count). The van der Waals surface area contributed by atoms with Gasteiger partial charge in [0.1, 0.15) is 17.6 Å². The highest BCUT2D eigenvalue weighted by Crippen LogP contribution is 2.25. The summed E-state index contributed by atoms with van der Waals surface area (Å²) in [5, 5.41) is 19.8. The largest absolute Gasteiger partial charge is 0.352 e. The summed E-state index contributed by atoms with van der Waals surface area (Å²) in [7, 11) is 1.63. The number of nitrogens with zero attached hydrogens (tertiary/aromatic N) is 4. The van der Waals surface area contributed by atoms with Crippen molar-refractivity contribution in [2.45, 2.75) is 13.5 Å². The van der Waals surface area contributed by atoms with Crippen LogP contribution in [0.15, 0.2) is 36.5 Å². The molecule has 27 heavy (non-hydrogen) atoms. The van der Waals surface area contributed by atoms with Gasteiger partial charge in [-0.3, -0.25) is 14.9 Å². The minimum Gasteiger partial charge on any atom is -0.352 e. The van der Waals surface area contributed by atoms with Gasteiger partial charge in [-0.15, -0.1) is 0 Å². The lowest BCUT2D eigenvalue weighted by Crippen LogP contribution is -2.26. The number of carbonyl (C=O) groups excluding carboxylic acids is 1. The van der Waals surface area contributed by atoms with Crippen molar-refractivity contribution in [1.82, 2.24) is 19.9 Å². The zero-order chi connectivity index (χ0) is 19.6. The molecule has 2 N–H and O–H groups in total. The SMILES string of the molecule is Cc1[nH]c(CN(C)C(=O)c2c[nH]c(C#N)c2)nc1-c1cccc([N+](=O)[O-])c1. The number of hydrogen-bond donors (Lipinski definition) is 2. The number of aromatic amines is 2. The molecule has 2 aromatic heterocycles. The first-order chi connectivity index (χ1) is 12.9. The van der Waals surface area contributed by atoms with Crippen molar-refractivity contribution in [3.05, 3.63) is 69.4 Å². The number of amides is 1. The van der Waals surface area contributed by atoms with Crippen LogP contribution in [0.1, 0.15) is 27.6 Å². The number of benzene rings is 1. The van der Waals surface area contributed by atoms with Crippen LogP contribution >= 0.6 is 0 Å². The average Bonchev–Trinajstić information content (AvgIpc) is 3.27. The van der Waals surface area contributed by atoms with Gasteiger partial charge in [0.2, 0.25) is 0 Å². The Labute approximate surface area is 154 Å². The van der Waals surface area contributed by atoms with E-state index >= 15 is 0 Å². The zero-order valence-corrected chi connectivity index (χ0v) is 14.7. The fourth-order valence-electron chi connectivity index (χ4n) is 2.74. The van der Waals surface area contributed by atoms with Gasteiger partial charge in [-0.2, -0.15) is 5.26 Å². The third kappa shape index (κ3) is 3.69. The molecule has 0 aliphatic rings. The molecule has 0 atom stereocenters. The second kappa shape index (κ2) is 7.13. The molecule has 0 bridgehead atoms. The molecule has 0 aliphatic carbocycles. The van der Waals surface area contributed by atoms with Gasteiger partial charge < -0.3 is 14.9 Å². The number of nitro groups is 1. The first-order valence-corrected chi connectivity index (χ1v) is 8.03. The lowest BCUT2D eigenvalue weighted by molar-refractivity contribution is -0.384. The van der Waals surface area contributed by atoms with E-state index in [0.29, 0.717) is 28.3 Å². The summed E-state index contributed by atoms with van der Waals surface area (Å²) in [6.07, 6.45) is 1.49. The summed E-state index contributed by atoms with van der Waals surface area (Å²) in [5.74, 6) is 0.305. The first-order valence-electron chi connectivity index (χ1n) is 8.03. The van der Waals surface area contributed by atoms with Gasteiger partial charge >= 0.3 is 0 Å². The molecule has 1 aromatic carbocycles. The smallest absolute Gasteiger partial charge is 0.270 e. The highest BCUT2D eigenvalue weighted by atomic mass is 16.6. The molecular formula is C18H16N6O3. The second-order valence-corrected chi connectivity index (χ2v) is 6.04. The minimum absolute atomic E-state index is 0.00972. The molecule has 1 amide bonds. The predicted molar refractivity (Wildman–Crippen MR) is 96.7 cm³/mol. The van der Waals surface area contributed by atoms with E-state index < -0.39 is 4.92 Å². The Morgan fingerprint density at radius 3 is 2.85 bits per heavy atom. The van der Waals surface area contributed by atoms with Crippen molar-refractivity contribution in [2.75, 3.05) is 7.05 Å². The second-order valence-electron chi connectivity index (χ2n) is 6.04. The fraction of sp³-hybridized carbons (Fsp3) is 0.167. The van der Waals surface area contributed by atoms with Crippen LogP contribution in [-0.4, -0.2) is 37.7 Å². The topological polar surface area (TPSA) is 132 Å². The molecule has 0 saturated carbocycles. The van der Waals surface area contributed by atoms with Gasteiger partial charge in [-0.1, -0.05) is 12.1 Å². The summed E-state index contributed by atoms with van der Waals surface area (Å²) in [6, 6.07) is 9.67. The number of aromatic nitrogens is 3. The molecule has 2 heterocycles. The molecule has 0 spiro atoms. The van der Waals surface area contributed by atoms with Crippen LogP contribution in [0.3, 0.4) is 0 Å². The highest BCUT2D eigenvalue weighted by Gasteiger charge is 2.17. The maximum Gasteiger partial charge on any atom is 0.270 e. The van der Waals surface area contributed by atoms with E-state index in [1.54, 1.807) is 19.2 Å². The molecule has 0 unspecified atom stereocenters. The third-order valence-electron chi connectivity index (χ3n) is 4.05. The van der Waals surface area contributed by atoms with Crippen LogP contribution < -0.4 is 0 Å². The van der Waals surface area contributed by atoms with Crippen LogP contribution in [0.2, 0.25) is 0 Å². The quantitative estimate of drug-likeness (QED) is 0.531. The maximum absolute atomic E-state index is 12.4. The Bertz CT molecular complexity index is 1060. The van der Waals surface area contributed by atoms with Crippen LogP contribution in [0.25, 0.3) is 11.3 Å². The molecule has 0 fully saturated rings. The van der Waals surface area contributed by atoms with E-state index in [-0.39, 0.29) is 18.1 Å². The Hall–Kier alpha value is -3.93. The van der Waals surface area contributed by atoms with Gasteiger partial charge in [-0.25, -0.2) is 4.98 Å². The molecule has 136 valence electrons. The Kier molecular flexibility index (Phi) is 4.72. The van der Waals surface area contributed by atoms with E-state index in [2.05, 4.69) is 15.0 Å². The average molecular weight is 364 g/mol. The number of non-ortho nitro benzene ring substituents is 1. The number of hydrogen-bond acceptors (Lipinski definition) is 5. The van der Waals surface area contributed by atoms with Crippen molar-refractivity contribution in [3.8, 4) is 17.3 Å². The summed E-state index contributed by atoms with van der Waals surface area (Å²) in [6.45, 7) is 2.04. The Balaban J connectivity index is 1.80. The van der Waals surface area contributed by atoms with E-state index in [4.69, 9.17) is 5.26 Å². The highest BCUT2D eigenvalue weighted by molar-refractivity contribution is 5.94. The van der Waals surface area contributed by atoms with Gasteiger partial charge in [0.05, 0.1) is 22.7 Å². The number of imidazole rings is 1. The third-order valence-corrected chi connectivity index (χ3v) is 4.05. The van der Waals surface area contributed by atoms with Gasteiger partial charge in [-0.05, 0) is 13.0 Å². The zero-order valence-electron chi connectivity index (χ0n) is 14.7. The molecule has 9 nitrogen and oxygen atoms in total. The predicted octanol–water partition coefficient (Wildman–Crippen LogP) is 2.77. The summed E-state index contributed by atoms with van der Waals surface area (Å²) >= 11 is 0. The van der Waals surface area contributed by atoms with Crippen molar-refractivity contribution in [3.63, 3.8) is 0 Å². The summed E-state index contributed by atoms with van der Waals surface area (Å²) in [5.41, 5.74) is 2.67. The maximum atomic E-state index is 12.4. The van der Waals surface area contributed by atoms with Crippen molar-refractivity contribution < 1.29 is 9.72 Å². The van der Waals surface area contributed by atoms with Crippen LogP contribution in [0.4, 0.5) is 5.69 Å². The van der Waals surface area contributed by atoms with Gasteiger partial charge in [0, 0.05) is 36.6 Å². The lowest BCUT2D eigenvalue weighted by Gasteiger charge is -2.14. The number of aryl methyl sites for hydroxylation is 1. The lowest BCUT2D eigenvalue weighted by atomic mass is 10.1. The summed E-state index contributed by atoms with van der Waals surface area (Å²) in [4.78, 5) is 34.7. The number of carbonyl (C=O) groups is 1. The van der Waals surface area contributed by atoms with E-state index in [1.165, 1.54) is 29.3 Å².